The molecule has 110 valence electrons. The molecule has 4 heteroatoms. The van der Waals surface area contributed by atoms with Crippen LogP contribution in [0, 0.1) is 0 Å². The second-order valence-corrected chi connectivity index (χ2v) is 5.44. The van der Waals surface area contributed by atoms with Crippen molar-refractivity contribution in [2.24, 2.45) is 0 Å². The van der Waals surface area contributed by atoms with Crippen molar-refractivity contribution >= 4 is 5.91 Å². The van der Waals surface area contributed by atoms with Crippen LogP contribution in [0.2, 0.25) is 0 Å². The summed E-state index contributed by atoms with van der Waals surface area (Å²) in [6.07, 6.45) is 2.16. The number of carbonyl (C=O) groups is 1. The Morgan fingerprint density at radius 3 is 2.80 bits per heavy atom. The first kappa shape index (κ1) is 15.0. The molecule has 1 aliphatic rings. The van der Waals surface area contributed by atoms with Crippen LogP contribution in [0.25, 0.3) is 0 Å². The van der Waals surface area contributed by atoms with E-state index in [0.29, 0.717) is 13.0 Å². The van der Waals surface area contributed by atoms with Crippen molar-refractivity contribution in [1.29, 1.82) is 0 Å². The Balaban J connectivity index is 1.71. The molecule has 0 unspecified atom stereocenters. The Hall–Kier alpha value is -1.39. The second-order valence-electron chi connectivity index (χ2n) is 5.44. The van der Waals surface area contributed by atoms with E-state index < -0.39 is 6.10 Å². The van der Waals surface area contributed by atoms with Crippen LogP contribution < -0.4 is 5.32 Å². The molecule has 2 atom stereocenters. The highest BCUT2D eigenvalue weighted by Gasteiger charge is 2.31. The number of likely N-dealkylation sites (tertiary alicyclic amines) is 1. The number of amides is 1. The fourth-order valence-corrected chi connectivity index (χ4v) is 2.65. The van der Waals surface area contributed by atoms with Crippen molar-refractivity contribution < 1.29 is 9.90 Å². The Morgan fingerprint density at radius 2 is 2.10 bits per heavy atom. The smallest absolute Gasteiger partial charge is 0.220 e. The van der Waals surface area contributed by atoms with Gasteiger partial charge in [0.05, 0.1) is 12.1 Å². The van der Waals surface area contributed by atoms with Gasteiger partial charge in [0.1, 0.15) is 0 Å². The Kier molecular flexibility index (Phi) is 5.56. The number of β-amino-alcohol motifs (C(OH)–C–C–N with tert-alkyl or cyclic N) is 1. The highest BCUT2D eigenvalue weighted by atomic mass is 16.3. The number of nitrogens with zero attached hydrogens (tertiary/aromatic N) is 1. The standard InChI is InChI=1S/C16H24N2O2/c1-2-16(20)17-14-11-18(12-15(14)19)10-6-9-13-7-4-3-5-8-13/h3-5,7-8,14-15,19H,2,6,9-12H2,1H3,(H,17,20)/t14-,15+/m0/s1. The molecule has 1 heterocycles. The van der Waals surface area contributed by atoms with E-state index in [9.17, 15) is 9.90 Å². The number of hydrogen-bond acceptors (Lipinski definition) is 3. The van der Waals surface area contributed by atoms with Gasteiger partial charge in [0.15, 0.2) is 0 Å². The van der Waals surface area contributed by atoms with Crippen molar-refractivity contribution in [3.63, 3.8) is 0 Å². The third-order valence-corrected chi connectivity index (χ3v) is 3.81. The predicted octanol–water partition coefficient (Wildman–Crippen LogP) is 1.19. The van der Waals surface area contributed by atoms with Crippen LogP contribution in [0.4, 0.5) is 0 Å². The van der Waals surface area contributed by atoms with Crippen molar-refractivity contribution in [3.05, 3.63) is 35.9 Å². The minimum atomic E-state index is -0.442. The molecule has 0 aromatic heterocycles. The van der Waals surface area contributed by atoms with Crippen LogP contribution in [-0.4, -0.2) is 47.7 Å². The molecule has 4 nitrogen and oxygen atoms in total. The van der Waals surface area contributed by atoms with E-state index in [-0.39, 0.29) is 11.9 Å². The fraction of sp³-hybridized carbons (Fsp3) is 0.562. The molecule has 0 spiro atoms. The van der Waals surface area contributed by atoms with E-state index in [4.69, 9.17) is 0 Å². The Bertz CT molecular complexity index is 422. The summed E-state index contributed by atoms with van der Waals surface area (Å²) in [5.41, 5.74) is 1.35. The van der Waals surface area contributed by atoms with Gasteiger partial charge in [0.25, 0.3) is 0 Å². The lowest BCUT2D eigenvalue weighted by Crippen LogP contribution is -2.42. The first-order valence-electron chi connectivity index (χ1n) is 7.42. The Labute approximate surface area is 120 Å². The SMILES string of the molecule is CCC(=O)N[C@H]1CN(CCCc2ccccc2)C[C@H]1O. The number of aliphatic hydroxyl groups is 1. The van der Waals surface area contributed by atoms with Crippen LogP contribution in [0.15, 0.2) is 30.3 Å². The quantitative estimate of drug-likeness (QED) is 0.820. The minimum absolute atomic E-state index is 0.0141. The number of rotatable bonds is 6. The van der Waals surface area contributed by atoms with Gasteiger partial charge >= 0.3 is 0 Å². The molecular weight excluding hydrogens is 252 g/mol. The number of nitrogens with one attached hydrogen (secondary N) is 1. The molecule has 1 fully saturated rings. The predicted molar refractivity (Wildman–Crippen MR) is 79.4 cm³/mol. The normalized spacial score (nSPS) is 22.9. The van der Waals surface area contributed by atoms with Gasteiger partial charge in [-0.3, -0.25) is 9.69 Å². The van der Waals surface area contributed by atoms with Crippen LogP contribution in [0.5, 0.6) is 0 Å². The third-order valence-electron chi connectivity index (χ3n) is 3.81. The number of benzene rings is 1. The van der Waals surface area contributed by atoms with E-state index in [0.717, 1.165) is 25.9 Å². The number of aliphatic hydroxyl groups excluding tert-OH is 1. The monoisotopic (exact) mass is 276 g/mol. The molecule has 2 N–H and O–H groups in total. The summed E-state index contributed by atoms with van der Waals surface area (Å²) in [5, 5.41) is 12.8. The molecule has 2 rings (SSSR count). The lowest BCUT2D eigenvalue weighted by molar-refractivity contribution is -0.122. The molecular formula is C16H24N2O2. The molecule has 0 bridgehead atoms. The maximum absolute atomic E-state index is 11.4. The summed E-state index contributed by atoms with van der Waals surface area (Å²) in [6, 6.07) is 10.3. The largest absolute Gasteiger partial charge is 0.390 e. The zero-order valence-corrected chi connectivity index (χ0v) is 12.1. The maximum Gasteiger partial charge on any atom is 0.220 e. The first-order valence-corrected chi connectivity index (χ1v) is 7.42. The highest BCUT2D eigenvalue weighted by Crippen LogP contribution is 2.12. The summed E-state index contributed by atoms with van der Waals surface area (Å²) >= 11 is 0. The second kappa shape index (κ2) is 7.41. The van der Waals surface area contributed by atoms with Crippen molar-refractivity contribution in [1.82, 2.24) is 10.2 Å². The summed E-state index contributed by atoms with van der Waals surface area (Å²) in [6.45, 7) is 4.20. The summed E-state index contributed by atoms with van der Waals surface area (Å²) in [5.74, 6) is 0.0141. The average Bonchev–Trinajstić information content (AvgIpc) is 2.80. The maximum atomic E-state index is 11.4. The van der Waals surface area contributed by atoms with E-state index in [2.05, 4.69) is 34.5 Å². The highest BCUT2D eigenvalue weighted by molar-refractivity contribution is 5.76. The van der Waals surface area contributed by atoms with Crippen LogP contribution in [-0.2, 0) is 11.2 Å². The zero-order chi connectivity index (χ0) is 14.4. The average molecular weight is 276 g/mol. The van der Waals surface area contributed by atoms with Crippen LogP contribution >= 0.6 is 0 Å². The lowest BCUT2D eigenvalue weighted by Gasteiger charge is -2.16. The van der Waals surface area contributed by atoms with Gasteiger partial charge in [-0.25, -0.2) is 0 Å². The summed E-state index contributed by atoms with van der Waals surface area (Å²) in [7, 11) is 0. The van der Waals surface area contributed by atoms with Crippen LogP contribution in [0.3, 0.4) is 0 Å². The fourth-order valence-electron chi connectivity index (χ4n) is 2.65. The molecule has 0 aliphatic carbocycles. The van der Waals surface area contributed by atoms with E-state index in [1.807, 2.05) is 13.0 Å². The summed E-state index contributed by atoms with van der Waals surface area (Å²) < 4.78 is 0. The molecule has 0 saturated carbocycles. The van der Waals surface area contributed by atoms with E-state index >= 15 is 0 Å². The Morgan fingerprint density at radius 1 is 1.35 bits per heavy atom. The topological polar surface area (TPSA) is 52.6 Å². The summed E-state index contributed by atoms with van der Waals surface area (Å²) in [4.78, 5) is 13.6. The van der Waals surface area contributed by atoms with Crippen molar-refractivity contribution in [2.75, 3.05) is 19.6 Å². The molecule has 20 heavy (non-hydrogen) atoms. The van der Waals surface area contributed by atoms with Gasteiger partial charge < -0.3 is 10.4 Å². The number of hydrogen-bond donors (Lipinski definition) is 2. The van der Waals surface area contributed by atoms with Gasteiger partial charge in [-0.2, -0.15) is 0 Å². The van der Waals surface area contributed by atoms with E-state index in [1.54, 1.807) is 0 Å². The van der Waals surface area contributed by atoms with Gasteiger partial charge in [-0.05, 0) is 24.9 Å². The molecule has 1 saturated heterocycles. The van der Waals surface area contributed by atoms with Gasteiger partial charge in [-0.15, -0.1) is 0 Å². The number of carbonyl (C=O) groups excluding carboxylic acids is 1. The van der Waals surface area contributed by atoms with Crippen molar-refractivity contribution in [3.8, 4) is 0 Å². The number of aryl methyl sites for hydroxylation is 1. The van der Waals surface area contributed by atoms with Crippen molar-refractivity contribution in [2.45, 2.75) is 38.3 Å². The molecule has 1 aromatic rings. The lowest BCUT2D eigenvalue weighted by atomic mass is 10.1. The van der Waals surface area contributed by atoms with Gasteiger partial charge in [-0.1, -0.05) is 37.3 Å². The first-order chi connectivity index (χ1) is 9.69. The molecule has 1 aliphatic heterocycles. The van der Waals surface area contributed by atoms with Gasteiger partial charge in [0, 0.05) is 19.5 Å². The van der Waals surface area contributed by atoms with Gasteiger partial charge in [0.2, 0.25) is 5.91 Å². The minimum Gasteiger partial charge on any atom is -0.390 e. The zero-order valence-electron chi connectivity index (χ0n) is 12.1. The van der Waals surface area contributed by atoms with Crippen LogP contribution in [0.1, 0.15) is 25.3 Å². The molecule has 1 amide bonds. The molecule has 0 radical (unpaired) electrons. The molecule has 1 aromatic carbocycles. The third kappa shape index (κ3) is 4.32. The van der Waals surface area contributed by atoms with E-state index in [1.165, 1.54) is 5.56 Å².